The van der Waals surface area contributed by atoms with Crippen LogP contribution in [0.5, 0.6) is 0 Å². The maximum atomic E-state index is 14.1. The molecule has 3 aliphatic rings. The number of carbonyl (C=O) groups excluding carboxylic acids is 2. The van der Waals surface area contributed by atoms with Crippen molar-refractivity contribution in [1.29, 1.82) is 0 Å². The Morgan fingerprint density at radius 3 is 2.68 bits per heavy atom. The molecule has 1 aromatic carbocycles. The second-order valence-corrected chi connectivity index (χ2v) is 9.98. The zero-order valence-electron chi connectivity index (χ0n) is 19.2. The van der Waals surface area contributed by atoms with Crippen LogP contribution in [0, 0.1) is 11.6 Å². The standard InChI is InChI=1S/C25H31F2N5O2/c26-18-11-17(12-19(27)13-18)21-14-31(16-25(21)9-4-3-7-23(33)30-25)15-24(34)29-22-8-10-28-32(22)20-5-1-2-6-20/h8,10-13,20-21H,1-7,9,14-16H2,(H,29,34)(H,30,33)/t21-,25+/m0/s1. The summed E-state index contributed by atoms with van der Waals surface area (Å²) in [5.41, 5.74) is -0.137. The maximum Gasteiger partial charge on any atom is 0.239 e. The van der Waals surface area contributed by atoms with Gasteiger partial charge in [0.25, 0.3) is 0 Å². The van der Waals surface area contributed by atoms with Crippen LogP contribution < -0.4 is 10.6 Å². The Morgan fingerprint density at radius 2 is 1.91 bits per heavy atom. The lowest BCUT2D eigenvalue weighted by Crippen LogP contribution is -2.52. The van der Waals surface area contributed by atoms with Crippen LogP contribution in [0.4, 0.5) is 14.6 Å². The van der Waals surface area contributed by atoms with E-state index in [4.69, 9.17) is 0 Å². The number of nitrogens with one attached hydrogen (secondary N) is 2. The van der Waals surface area contributed by atoms with Gasteiger partial charge in [0.15, 0.2) is 0 Å². The number of hydrogen-bond acceptors (Lipinski definition) is 4. The summed E-state index contributed by atoms with van der Waals surface area (Å²) in [4.78, 5) is 27.5. The highest BCUT2D eigenvalue weighted by molar-refractivity contribution is 5.91. The quantitative estimate of drug-likeness (QED) is 0.696. The minimum atomic E-state index is -0.653. The molecule has 2 aliphatic heterocycles. The summed E-state index contributed by atoms with van der Waals surface area (Å²) in [7, 11) is 0. The molecule has 1 spiro atoms. The van der Waals surface area contributed by atoms with Gasteiger partial charge < -0.3 is 10.6 Å². The van der Waals surface area contributed by atoms with Crippen molar-refractivity contribution in [3.8, 4) is 0 Å². The van der Waals surface area contributed by atoms with Crippen LogP contribution in [0.25, 0.3) is 0 Å². The first-order valence-electron chi connectivity index (χ1n) is 12.2. The molecule has 0 unspecified atom stereocenters. The van der Waals surface area contributed by atoms with Crippen molar-refractivity contribution in [3.05, 3.63) is 47.7 Å². The first kappa shape index (κ1) is 23.0. The Kier molecular flexibility index (Phi) is 6.38. The van der Waals surface area contributed by atoms with Crippen LogP contribution in [0.3, 0.4) is 0 Å². The Labute approximate surface area is 197 Å². The zero-order chi connectivity index (χ0) is 23.7. The molecule has 182 valence electrons. The third-order valence-corrected chi connectivity index (χ3v) is 7.54. The number of nitrogens with zero attached hydrogens (tertiary/aromatic N) is 3. The normalized spacial score (nSPS) is 26.1. The second kappa shape index (κ2) is 9.44. The number of benzene rings is 1. The Bertz CT molecular complexity index is 1050. The van der Waals surface area contributed by atoms with E-state index in [1.807, 2.05) is 15.6 Å². The number of anilines is 1. The summed E-state index contributed by atoms with van der Waals surface area (Å²) in [5.74, 6) is -1.11. The van der Waals surface area contributed by atoms with Crippen LogP contribution in [0.2, 0.25) is 0 Å². The molecule has 2 saturated heterocycles. The number of amides is 2. The number of aromatic nitrogens is 2. The highest BCUT2D eigenvalue weighted by atomic mass is 19.1. The topological polar surface area (TPSA) is 79.3 Å². The average Bonchev–Trinajstić information content (AvgIpc) is 3.48. The Hall–Kier alpha value is -2.81. The molecule has 2 amide bonds. The summed E-state index contributed by atoms with van der Waals surface area (Å²) in [6.07, 6.45) is 8.93. The molecule has 0 radical (unpaired) electrons. The van der Waals surface area contributed by atoms with E-state index in [1.165, 1.54) is 25.0 Å². The van der Waals surface area contributed by atoms with E-state index in [2.05, 4.69) is 15.7 Å². The fourth-order valence-electron chi connectivity index (χ4n) is 6.08. The summed E-state index contributed by atoms with van der Waals surface area (Å²) in [6.45, 7) is 1.01. The smallest absolute Gasteiger partial charge is 0.239 e. The van der Waals surface area contributed by atoms with Crippen molar-refractivity contribution >= 4 is 17.6 Å². The molecule has 7 nitrogen and oxygen atoms in total. The van der Waals surface area contributed by atoms with Gasteiger partial charge in [-0.25, -0.2) is 13.5 Å². The van der Waals surface area contributed by atoms with E-state index in [0.29, 0.717) is 43.4 Å². The first-order chi connectivity index (χ1) is 16.4. The van der Waals surface area contributed by atoms with Crippen LogP contribution in [-0.2, 0) is 9.59 Å². The first-order valence-corrected chi connectivity index (χ1v) is 12.2. The molecule has 3 heterocycles. The van der Waals surface area contributed by atoms with Crippen molar-refractivity contribution < 1.29 is 18.4 Å². The van der Waals surface area contributed by atoms with Crippen molar-refractivity contribution in [2.75, 3.05) is 25.0 Å². The van der Waals surface area contributed by atoms with Gasteiger partial charge in [-0.15, -0.1) is 0 Å². The zero-order valence-corrected chi connectivity index (χ0v) is 19.2. The molecule has 1 saturated carbocycles. The predicted molar refractivity (Wildman–Crippen MR) is 123 cm³/mol. The van der Waals surface area contributed by atoms with Crippen LogP contribution in [0.15, 0.2) is 30.5 Å². The summed E-state index contributed by atoms with van der Waals surface area (Å²) in [6, 6.07) is 5.67. The lowest BCUT2D eigenvalue weighted by Gasteiger charge is -2.35. The largest absolute Gasteiger partial charge is 0.349 e. The van der Waals surface area contributed by atoms with E-state index in [1.54, 1.807) is 6.20 Å². The number of rotatable bonds is 5. The van der Waals surface area contributed by atoms with E-state index in [0.717, 1.165) is 31.7 Å². The molecule has 2 aromatic rings. The minimum absolute atomic E-state index is 0.0499. The third kappa shape index (κ3) is 4.71. The number of likely N-dealkylation sites (tertiary alicyclic amines) is 1. The van der Waals surface area contributed by atoms with Crippen molar-refractivity contribution in [3.63, 3.8) is 0 Å². The van der Waals surface area contributed by atoms with Crippen LogP contribution in [0.1, 0.15) is 68.9 Å². The molecular weight excluding hydrogens is 440 g/mol. The molecule has 0 bridgehead atoms. The summed E-state index contributed by atoms with van der Waals surface area (Å²) < 4.78 is 30.0. The van der Waals surface area contributed by atoms with E-state index in [9.17, 15) is 18.4 Å². The SMILES string of the molecule is O=C(CN1C[C@@H](c2cc(F)cc(F)c2)[C@@]2(CCCCC(=O)N2)C1)Nc1ccnn1C1CCCC1. The lowest BCUT2D eigenvalue weighted by atomic mass is 9.79. The fourth-order valence-corrected chi connectivity index (χ4v) is 6.08. The number of hydrogen-bond donors (Lipinski definition) is 2. The highest BCUT2D eigenvalue weighted by Crippen LogP contribution is 2.41. The molecule has 3 fully saturated rings. The molecule has 34 heavy (non-hydrogen) atoms. The maximum absolute atomic E-state index is 14.1. The molecule has 1 aromatic heterocycles. The van der Waals surface area contributed by atoms with E-state index < -0.39 is 17.2 Å². The molecule has 2 atom stereocenters. The molecule has 9 heteroatoms. The van der Waals surface area contributed by atoms with Crippen molar-refractivity contribution in [2.24, 2.45) is 0 Å². The van der Waals surface area contributed by atoms with Gasteiger partial charge in [-0.05, 0) is 43.4 Å². The van der Waals surface area contributed by atoms with Crippen LogP contribution in [-0.4, -0.2) is 51.7 Å². The number of halogens is 2. The lowest BCUT2D eigenvalue weighted by molar-refractivity contribution is -0.122. The third-order valence-electron chi connectivity index (χ3n) is 7.54. The van der Waals surface area contributed by atoms with E-state index in [-0.39, 0.29) is 24.3 Å². The van der Waals surface area contributed by atoms with Gasteiger partial charge in [-0.3, -0.25) is 14.5 Å². The second-order valence-electron chi connectivity index (χ2n) is 9.98. The number of carbonyl (C=O) groups is 2. The van der Waals surface area contributed by atoms with Gasteiger partial charge in [0.1, 0.15) is 17.5 Å². The van der Waals surface area contributed by atoms with Crippen LogP contribution >= 0.6 is 0 Å². The van der Waals surface area contributed by atoms with Gasteiger partial charge in [0, 0.05) is 37.6 Å². The molecule has 2 N–H and O–H groups in total. The Balaban J connectivity index is 1.34. The predicted octanol–water partition coefficient (Wildman–Crippen LogP) is 3.74. The molecule has 1 aliphatic carbocycles. The molecule has 5 rings (SSSR count). The van der Waals surface area contributed by atoms with Gasteiger partial charge >= 0.3 is 0 Å². The average molecular weight is 472 g/mol. The summed E-state index contributed by atoms with van der Waals surface area (Å²) >= 11 is 0. The summed E-state index contributed by atoms with van der Waals surface area (Å²) in [5, 5.41) is 10.6. The van der Waals surface area contributed by atoms with Crippen molar-refractivity contribution in [2.45, 2.75) is 68.9 Å². The van der Waals surface area contributed by atoms with Gasteiger partial charge in [0.2, 0.25) is 11.8 Å². The van der Waals surface area contributed by atoms with Gasteiger partial charge in [-0.1, -0.05) is 19.3 Å². The van der Waals surface area contributed by atoms with E-state index >= 15 is 0 Å². The molecular formula is C25H31F2N5O2. The highest BCUT2D eigenvalue weighted by Gasteiger charge is 2.49. The van der Waals surface area contributed by atoms with Gasteiger partial charge in [-0.2, -0.15) is 5.10 Å². The Morgan fingerprint density at radius 1 is 1.15 bits per heavy atom. The fraction of sp³-hybridized carbons (Fsp3) is 0.560. The van der Waals surface area contributed by atoms with Crippen molar-refractivity contribution in [1.82, 2.24) is 20.0 Å². The monoisotopic (exact) mass is 471 g/mol. The van der Waals surface area contributed by atoms with Gasteiger partial charge in [0.05, 0.1) is 24.3 Å². The minimum Gasteiger partial charge on any atom is -0.349 e.